The van der Waals surface area contributed by atoms with Gasteiger partial charge in [0.2, 0.25) is 5.91 Å². The zero-order valence-corrected chi connectivity index (χ0v) is 14.7. The van der Waals surface area contributed by atoms with Crippen molar-refractivity contribution in [1.29, 1.82) is 0 Å². The maximum atomic E-state index is 13.6. The van der Waals surface area contributed by atoms with Gasteiger partial charge in [0.15, 0.2) is 11.6 Å². The number of halogens is 1. The molecule has 2 atom stereocenters. The van der Waals surface area contributed by atoms with E-state index in [0.717, 1.165) is 12.8 Å². The van der Waals surface area contributed by atoms with E-state index in [9.17, 15) is 14.0 Å². The molecule has 2 fully saturated rings. The Morgan fingerprint density at radius 2 is 2.16 bits per heavy atom. The van der Waals surface area contributed by atoms with Crippen molar-refractivity contribution in [3.63, 3.8) is 0 Å². The van der Waals surface area contributed by atoms with Crippen LogP contribution in [0.2, 0.25) is 0 Å². The summed E-state index contributed by atoms with van der Waals surface area (Å²) in [5.41, 5.74) is -0.759. The number of nitrogens with zero attached hydrogens (tertiary/aromatic N) is 1. The Balaban J connectivity index is 1.58. The molecule has 2 heterocycles. The molecule has 0 radical (unpaired) electrons. The number of benzene rings is 1. The van der Waals surface area contributed by atoms with Crippen LogP contribution in [0.4, 0.5) is 4.39 Å². The third-order valence-electron chi connectivity index (χ3n) is 5.03. The van der Waals surface area contributed by atoms with Crippen molar-refractivity contribution >= 4 is 11.9 Å². The quantitative estimate of drug-likeness (QED) is 0.785. The third kappa shape index (κ3) is 3.94. The summed E-state index contributed by atoms with van der Waals surface area (Å²) in [5, 5.41) is 0. The number of ether oxygens (including phenoxy) is 2. The largest absolute Gasteiger partial charge is 0.490 e. The summed E-state index contributed by atoms with van der Waals surface area (Å²) in [7, 11) is 0. The van der Waals surface area contributed by atoms with Crippen LogP contribution in [0.5, 0.6) is 5.75 Å². The molecule has 25 heavy (non-hydrogen) atoms. The Morgan fingerprint density at radius 3 is 2.84 bits per heavy atom. The Morgan fingerprint density at radius 1 is 1.40 bits per heavy atom. The number of carbonyl (C=O) groups excluding carboxylic acids is 2. The number of hydrogen-bond donors (Lipinski definition) is 0. The fourth-order valence-corrected chi connectivity index (χ4v) is 3.59. The van der Waals surface area contributed by atoms with Gasteiger partial charge in [-0.3, -0.25) is 9.59 Å². The second-order valence-corrected chi connectivity index (χ2v) is 7.37. The highest BCUT2D eigenvalue weighted by atomic mass is 19.1. The predicted molar refractivity (Wildman–Crippen MR) is 89.5 cm³/mol. The van der Waals surface area contributed by atoms with E-state index in [-0.39, 0.29) is 35.8 Å². The molecule has 1 aromatic rings. The van der Waals surface area contributed by atoms with Gasteiger partial charge in [0.25, 0.3) is 0 Å². The van der Waals surface area contributed by atoms with Crippen LogP contribution in [-0.4, -0.2) is 42.1 Å². The number of rotatable bonds is 4. The molecule has 0 unspecified atom stereocenters. The van der Waals surface area contributed by atoms with Crippen LogP contribution >= 0.6 is 0 Å². The van der Waals surface area contributed by atoms with Gasteiger partial charge in [-0.25, -0.2) is 4.39 Å². The van der Waals surface area contributed by atoms with Gasteiger partial charge in [-0.15, -0.1) is 0 Å². The van der Waals surface area contributed by atoms with E-state index in [4.69, 9.17) is 9.47 Å². The molecule has 3 rings (SSSR count). The number of hydrogen-bond acceptors (Lipinski definition) is 4. The lowest BCUT2D eigenvalue weighted by Crippen LogP contribution is -2.48. The van der Waals surface area contributed by atoms with E-state index in [0.29, 0.717) is 19.7 Å². The van der Waals surface area contributed by atoms with Gasteiger partial charge in [0, 0.05) is 19.0 Å². The molecule has 1 amide bonds. The molecule has 0 aliphatic carbocycles. The molecule has 0 N–H and O–H groups in total. The van der Waals surface area contributed by atoms with E-state index in [1.807, 2.05) is 0 Å². The summed E-state index contributed by atoms with van der Waals surface area (Å²) in [6.45, 7) is 5.17. The Hall–Kier alpha value is -2.11. The number of piperidine rings is 1. The summed E-state index contributed by atoms with van der Waals surface area (Å²) < 4.78 is 24.5. The minimum atomic E-state index is -0.759. The molecular weight excluding hydrogens is 325 g/mol. The Bertz CT molecular complexity index is 661. The summed E-state index contributed by atoms with van der Waals surface area (Å²) in [6.07, 6.45) is 1.94. The van der Waals surface area contributed by atoms with Crippen molar-refractivity contribution in [2.45, 2.75) is 38.7 Å². The van der Waals surface area contributed by atoms with Crippen molar-refractivity contribution in [3.8, 4) is 5.75 Å². The lowest BCUT2D eigenvalue weighted by Gasteiger charge is -2.36. The lowest BCUT2D eigenvalue weighted by atomic mass is 9.88. The lowest BCUT2D eigenvalue weighted by molar-refractivity contribution is -0.149. The average molecular weight is 349 g/mol. The molecule has 0 aromatic heterocycles. The van der Waals surface area contributed by atoms with Crippen molar-refractivity contribution in [2.24, 2.45) is 11.8 Å². The van der Waals surface area contributed by atoms with Crippen molar-refractivity contribution in [3.05, 3.63) is 30.1 Å². The summed E-state index contributed by atoms with van der Waals surface area (Å²) in [4.78, 5) is 26.2. The molecule has 2 aliphatic heterocycles. The first-order valence-electron chi connectivity index (χ1n) is 8.75. The molecule has 0 bridgehead atoms. The molecule has 0 saturated carbocycles. The molecule has 6 heteroatoms. The maximum Gasteiger partial charge on any atom is 0.307 e. The zero-order chi connectivity index (χ0) is 18.0. The number of amides is 1. The topological polar surface area (TPSA) is 55.8 Å². The van der Waals surface area contributed by atoms with Gasteiger partial charge in [0.05, 0.1) is 18.9 Å². The van der Waals surface area contributed by atoms with Crippen LogP contribution in [-0.2, 0) is 14.3 Å². The Labute approximate surface area is 147 Å². The van der Waals surface area contributed by atoms with Crippen molar-refractivity contribution in [1.82, 2.24) is 4.90 Å². The fourth-order valence-electron chi connectivity index (χ4n) is 3.59. The number of para-hydroxylation sites is 1. The van der Waals surface area contributed by atoms with E-state index < -0.39 is 11.5 Å². The molecular formula is C19H24FNO4. The smallest absolute Gasteiger partial charge is 0.307 e. The number of carbonyl (C=O) groups is 2. The van der Waals surface area contributed by atoms with E-state index in [1.54, 1.807) is 36.9 Å². The number of esters is 1. The van der Waals surface area contributed by atoms with Gasteiger partial charge in [-0.05, 0) is 38.8 Å². The van der Waals surface area contributed by atoms with Crippen LogP contribution in [0.1, 0.15) is 33.1 Å². The number of likely N-dealkylation sites (tertiary alicyclic amines) is 1. The van der Waals surface area contributed by atoms with Crippen LogP contribution in [0.25, 0.3) is 0 Å². The first-order chi connectivity index (χ1) is 11.9. The highest BCUT2D eigenvalue weighted by Gasteiger charge is 2.47. The van der Waals surface area contributed by atoms with E-state index >= 15 is 0 Å². The van der Waals surface area contributed by atoms with Gasteiger partial charge >= 0.3 is 5.97 Å². The van der Waals surface area contributed by atoms with E-state index in [1.165, 1.54) is 6.07 Å². The predicted octanol–water partition coefficient (Wildman–Crippen LogP) is 2.78. The van der Waals surface area contributed by atoms with Gasteiger partial charge in [0.1, 0.15) is 5.60 Å². The van der Waals surface area contributed by atoms with Crippen LogP contribution < -0.4 is 4.74 Å². The van der Waals surface area contributed by atoms with Crippen LogP contribution in [0, 0.1) is 17.7 Å². The monoisotopic (exact) mass is 349 g/mol. The van der Waals surface area contributed by atoms with Crippen molar-refractivity contribution < 1.29 is 23.5 Å². The SMILES string of the molecule is CC1(C)OC(=O)C[C@@H]1C(=O)N1CCC[C@H](COc2ccccc2F)C1. The zero-order valence-electron chi connectivity index (χ0n) is 14.7. The molecule has 5 nitrogen and oxygen atoms in total. The second kappa shape index (κ2) is 7.02. The Kier molecular flexibility index (Phi) is 4.97. The molecule has 0 spiro atoms. The standard InChI is InChI=1S/C19H24FNO4/c1-19(2)14(10-17(22)25-19)18(23)21-9-5-6-13(11-21)12-24-16-8-4-3-7-15(16)20/h3-4,7-8,13-14H,5-6,9-12H2,1-2H3/t13-,14+/m0/s1. The van der Waals surface area contributed by atoms with Crippen molar-refractivity contribution in [2.75, 3.05) is 19.7 Å². The maximum absolute atomic E-state index is 13.6. The molecule has 136 valence electrons. The minimum absolute atomic E-state index is 0.0357. The highest BCUT2D eigenvalue weighted by Crippen LogP contribution is 2.34. The molecule has 2 aliphatic rings. The normalized spacial score (nSPS) is 25.6. The first kappa shape index (κ1) is 17.7. The third-order valence-corrected chi connectivity index (χ3v) is 5.03. The van der Waals surface area contributed by atoms with Crippen LogP contribution in [0.15, 0.2) is 24.3 Å². The fraction of sp³-hybridized carbons (Fsp3) is 0.579. The average Bonchev–Trinajstić information content (AvgIpc) is 2.86. The molecule has 1 aromatic carbocycles. The van der Waals surface area contributed by atoms with Gasteiger partial charge < -0.3 is 14.4 Å². The second-order valence-electron chi connectivity index (χ2n) is 7.37. The summed E-state index contributed by atoms with van der Waals surface area (Å²) in [5.74, 6) is -0.785. The first-order valence-corrected chi connectivity index (χ1v) is 8.75. The molecule has 2 saturated heterocycles. The van der Waals surface area contributed by atoms with E-state index in [2.05, 4.69) is 0 Å². The van der Waals surface area contributed by atoms with Gasteiger partial charge in [-0.1, -0.05) is 12.1 Å². The number of cyclic esters (lactones) is 1. The van der Waals surface area contributed by atoms with Gasteiger partial charge in [-0.2, -0.15) is 0 Å². The van der Waals surface area contributed by atoms with Crippen LogP contribution in [0.3, 0.4) is 0 Å². The highest BCUT2D eigenvalue weighted by molar-refractivity contribution is 5.87. The summed E-state index contributed by atoms with van der Waals surface area (Å²) in [6, 6.07) is 6.32. The minimum Gasteiger partial charge on any atom is -0.490 e. The summed E-state index contributed by atoms with van der Waals surface area (Å²) >= 11 is 0.